The number of nitrogens with zero attached hydrogens (tertiary/aromatic N) is 7. The maximum atomic E-state index is 14.7. The van der Waals surface area contributed by atoms with E-state index in [1.165, 1.54) is 24.3 Å². The Morgan fingerprint density at radius 2 is 1.60 bits per heavy atom. The van der Waals surface area contributed by atoms with Gasteiger partial charge in [0.15, 0.2) is 5.58 Å². The fourth-order valence-electron chi connectivity index (χ4n) is 5.80. The third-order valence-corrected chi connectivity index (χ3v) is 10.3. The largest absolute Gasteiger partial charge is 0.422 e. The van der Waals surface area contributed by atoms with Gasteiger partial charge in [-0.2, -0.15) is 33.2 Å². The van der Waals surface area contributed by atoms with Crippen LogP contribution in [0, 0.1) is 11.3 Å². The molecular weight excluding hydrogens is 692 g/mol. The topological polar surface area (TPSA) is 130 Å². The Labute approximate surface area is 301 Å². The van der Waals surface area contributed by atoms with E-state index in [0.29, 0.717) is 23.3 Å². The van der Waals surface area contributed by atoms with Gasteiger partial charge in [-0.25, -0.2) is 8.42 Å². The quantitative estimate of drug-likeness (QED) is 0.0773. The molecular formula is C38H42F3N7O3S. The van der Waals surface area contributed by atoms with Crippen LogP contribution in [0.1, 0.15) is 83.9 Å². The van der Waals surface area contributed by atoms with Gasteiger partial charge in [-0.1, -0.05) is 90.1 Å². The molecule has 0 unspecified atom stereocenters. The first-order valence-electron chi connectivity index (χ1n) is 17.3. The molecule has 0 saturated heterocycles. The number of anilines is 1. The highest BCUT2D eigenvalue weighted by atomic mass is 32.2. The number of halogens is 3. The summed E-state index contributed by atoms with van der Waals surface area (Å²) in [7, 11) is -4.35. The highest BCUT2D eigenvalue weighted by molar-refractivity contribution is 7.91. The number of para-hydroxylation sites is 2. The molecule has 0 saturated carbocycles. The second-order valence-electron chi connectivity index (χ2n) is 13.5. The molecule has 0 aliphatic heterocycles. The lowest BCUT2D eigenvalue weighted by molar-refractivity contribution is -0.137. The molecule has 0 fully saturated rings. The van der Waals surface area contributed by atoms with E-state index in [1.807, 2.05) is 0 Å². The van der Waals surface area contributed by atoms with Crippen LogP contribution >= 0.6 is 0 Å². The molecule has 52 heavy (non-hydrogen) atoms. The third kappa shape index (κ3) is 8.70. The smallest absolute Gasteiger partial charge is 0.418 e. The molecule has 0 aliphatic rings. The van der Waals surface area contributed by atoms with E-state index in [-0.39, 0.29) is 40.3 Å². The summed E-state index contributed by atoms with van der Waals surface area (Å²) in [5.74, 6) is -0.365. The van der Waals surface area contributed by atoms with Gasteiger partial charge in [0, 0.05) is 24.2 Å². The van der Waals surface area contributed by atoms with Crippen LogP contribution in [-0.4, -0.2) is 36.3 Å². The summed E-state index contributed by atoms with van der Waals surface area (Å²) >= 11 is 0. The van der Waals surface area contributed by atoms with Crippen molar-refractivity contribution in [2.75, 3.05) is 18.0 Å². The molecule has 274 valence electrons. The monoisotopic (exact) mass is 733 g/mol. The average Bonchev–Trinajstić information content (AvgIpc) is 3.73. The fraction of sp³-hybridized carbons (Fsp3) is 0.395. The Morgan fingerprint density at radius 3 is 2.27 bits per heavy atom. The molecule has 0 bridgehead atoms. The number of rotatable bonds is 15. The van der Waals surface area contributed by atoms with Crippen molar-refractivity contribution in [1.29, 1.82) is 5.26 Å². The predicted molar refractivity (Wildman–Crippen MR) is 193 cm³/mol. The summed E-state index contributed by atoms with van der Waals surface area (Å²) in [6.07, 6.45) is 1.39. The van der Waals surface area contributed by atoms with Crippen molar-refractivity contribution in [2.24, 2.45) is 10.2 Å². The molecule has 0 spiro atoms. The SMILES string of the molecule is CCCCCCCCN(CCC#N)c1ccc(N=Nc2c(S(=O)(=O)c3ccccc3)c(C(C)(C)C)nn2-c2nc3ccccc3o2)c(C(F)(F)F)c1. The second kappa shape index (κ2) is 16.1. The van der Waals surface area contributed by atoms with Gasteiger partial charge in [0.25, 0.3) is 0 Å². The molecule has 10 nitrogen and oxygen atoms in total. The summed E-state index contributed by atoms with van der Waals surface area (Å²) < 4.78 is 79.8. The summed E-state index contributed by atoms with van der Waals surface area (Å²) in [5.41, 5.74) is -1.22. The molecule has 14 heteroatoms. The zero-order chi connectivity index (χ0) is 37.5. The van der Waals surface area contributed by atoms with Crippen LogP contribution < -0.4 is 4.90 Å². The van der Waals surface area contributed by atoms with Gasteiger partial charge in [0.05, 0.1) is 34.3 Å². The molecule has 0 radical (unpaired) electrons. The number of sulfone groups is 1. The van der Waals surface area contributed by atoms with Gasteiger partial charge in [0.2, 0.25) is 15.7 Å². The first-order valence-corrected chi connectivity index (χ1v) is 18.8. The number of hydrogen-bond acceptors (Lipinski definition) is 9. The van der Waals surface area contributed by atoms with Crippen molar-refractivity contribution < 1.29 is 26.0 Å². The minimum atomic E-state index is -4.83. The van der Waals surface area contributed by atoms with Gasteiger partial charge < -0.3 is 9.32 Å². The molecule has 5 rings (SSSR count). The molecule has 0 amide bonds. The molecule has 5 aromatic rings. The summed E-state index contributed by atoms with van der Waals surface area (Å²) in [6.45, 7) is 8.18. The molecule has 3 aromatic carbocycles. The average molecular weight is 734 g/mol. The van der Waals surface area contributed by atoms with Crippen molar-refractivity contribution in [3.63, 3.8) is 0 Å². The summed E-state index contributed by atoms with van der Waals surface area (Å²) in [6, 6.07) is 20.2. The van der Waals surface area contributed by atoms with Gasteiger partial charge in [0.1, 0.15) is 10.4 Å². The maximum Gasteiger partial charge on any atom is 0.418 e. The predicted octanol–water partition coefficient (Wildman–Crippen LogP) is 10.7. The Morgan fingerprint density at radius 1 is 0.904 bits per heavy atom. The number of benzene rings is 3. The third-order valence-electron chi connectivity index (χ3n) is 8.49. The fourth-order valence-corrected chi connectivity index (χ4v) is 7.52. The lowest BCUT2D eigenvalue weighted by Gasteiger charge is -2.25. The number of aromatic nitrogens is 3. The standard InChI is InChI=1S/C38H42F3N7O3S/c1-5-6-7-8-9-15-24-47(25-16-23-42)27-21-22-30(29(26-27)38(39,40)41)44-45-35-33(52(49,50)28-17-11-10-12-18-28)34(37(2,3)4)46-48(35)36-43-31-19-13-14-20-32(31)51-36/h10-14,17-22,26H,5-9,15-16,24-25H2,1-4H3. The maximum absolute atomic E-state index is 14.7. The molecule has 0 atom stereocenters. The molecule has 2 heterocycles. The van der Waals surface area contributed by atoms with Crippen LogP contribution in [0.5, 0.6) is 0 Å². The minimum Gasteiger partial charge on any atom is -0.422 e. The summed E-state index contributed by atoms with van der Waals surface area (Å²) in [5, 5.41) is 22.1. The first kappa shape index (κ1) is 38.2. The number of alkyl halides is 3. The highest BCUT2D eigenvalue weighted by Gasteiger charge is 2.38. The number of oxazole rings is 1. The minimum absolute atomic E-state index is 0.0581. The van der Waals surface area contributed by atoms with Crippen molar-refractivity contribution in [3.05, 3.63) is 84.1 Å². The van der Waals surface area contributed by atoms with Crippen LogP contribution in [0.4, 0.5) is 30.4 Å². The van der Waals surface area contributed by atoms with Crippen LogP contribution in [-0.2, 0) is 21.4 Å². The Hall–Kier alpha value is -5.03. The number of fused-ring (bicyclic) bond motifs is 1. The normalized spacial score (nSPS) is 12.5. The number of azo groups is 1. The highest BCUT2D eigenvalue weighted by Crippen LogP contribution is 2.43. The first-order chi connectivity index (χ1) is 24.8. The van der Waals surface area contributed by atoms with E-state index in [9.17, 15) is 26.9 Å². The van der Waals surface area contributed by atoms with Crippen LogP contribution in [0.3, 0.4) is 0 Å². The van der Waals surface area contributed by atoms with E-state index in [0.717, 1.165) is 49.3 Å². The zero-order valence-corrected chi connectivity index (χ0v) is 30.5. The van der Waals surface area contributed by atoms with E-state index in [4.69, 9.17) is 4.42 Å². The zero-order valence-electron chi connectivity index (χ0n) is 29.7. The van der Waals surface area contributed by atoms with Crippen LogP contribution in [0.2, 0.25) is 0 Å². The van der Waals surface area contributed by atoms with E-state index in [1.54, 1.807) is 68.1 Å². The van der Waals surface area contributed by atoms with E-state index < -0.39 is 32.7 Å². The molecule has 0 aliphatic carbocycles. The van der Waals surface area contributed by atoms with Crippen LogP contribution in [0.25, 0.3) is 17.1 Å². The lowest BCUT2D eigenvalue weighted by Crippen LogP contribution is -2.26. The van der Waals surface area contributed by atoms with Crippen molar-refractivity contribution >= 4 is 38.1 Å². The van der Waals surface area contributed by atoms with Crippen molar-refractivity contribution in [2.45, 2.75) is 94.0 Å². The Balaban J connectivity index is 1.65. The van der Waals surface area contributed by atoms with Gasteiger partial charge in [-0.15, -0.1) is 10.2 Å². The Bertz CT molecular complexity index is 2130. The molecule has 2 aromatic heterocycles. The lowest BCUT2D eigenvalue weighted by atomic mass is 9.92. The van der Waals surface area contributed by atoms with E-state index in [2.05, 4.69) is 33.3 Å². The van der Waals surface area contributed by atoms with Gasteiger partial charge >= 0.3 is 12.2 Å². The Kier molecular flexibility index (Phi) is 11.8. The molecule has 0 N–H and O–H groups in total. The summed E-state index contributed by atoms with van der Waals surface area (Å²) in [4.78, 5) is 5.87. The van der Waals surface area contributed by atoms with Crippen molar-refractivity contribution in [1.82, 2.24) is 14.8 Å². The van der Waals surface area contributed by atoms with E-state index >= 15 is 0 Å². The number of hydrogen-bond donors (Lipinski definition) is 0. The second-order valence-corrected chi connectivity index (χ2v) is 15.4. The van der Waals surface area contributed by atoms with Crippen LogP contribution in [0.15, 0.2) is 97.2 Å². The van der Waals surface area contributed by atoms with Gasteiger partial charge in [-0.05, 0) is 48.9 Å². The van der Waals surface area contributed by atoms with Gasteiger partial charge in [-0.3, -0.25) is 0 Å². The number of unbranched alkanes of at least 4 members (excludes halogenated alkanes) is 5. The number of nitriles is 1. The van der Waals surface area contributed by atoms with Crippen molar-refractivity contribution in [3.8, 4) is 12.1 Å².